The van der Waals surface area contributed by atoms with Crippen molar-refractivity contribution in [3.8, 4) is 0 Å². The minimum Gasteiger partial charge on any atom is -0.355 e. The molecule has 0 bridgehead atoms. The summed E-state index contributed by atoms with van der Waals surface area (Å²) in [6.07, 6.45) is 0. The van der Waals surface area contributed by atoms with E-state index in [0.29, 0.717) is 6.04 Å². The van der Waals surface area contributed by atoms with Crippen LogP contribution in [0.2, 0.25) is 0 Å². The van der Waals surface area contributed by atoms with Crippen LogP contribution in [-0.2, 0) is 10.5 Å². The van der Waals surface area contributed by atoms with Crippen LogP contribution in [0.5, 0.6) is 0 Å². The first-order valence-corrected chi connectivity index (χ1v) is 5.09. The molecule has 2 atom stereocenters. The Balaban J connectivity index is 2.26. The molecule has 1 N–H and O–H groups in total. The molecule has 2 rings (SSSR count). The predicted molar refractivity (Wildman–Crippen MR) is 57.1 cm³/mol. The van der Waals surface area contributed by atoms with Crippen molar-refractivity contribution in [3.05, 3.63) is 35.4 Å². The maximum absolute atomic E-state index is 5.77. The van der Waals surface area contributed by atoms with Crippen molar-refractivity contribution in [3.63, 3.8) is 0 Å². The summed E-state index contributed by atoms with van der Waals surface area (Å²) < 4.78 is 5.77. The monoisotopic (exact) mass is 191 g/mol. The van der Waals surface area contributed by atoms with Crippen LogP contribution in [0.25, 0.3) is 0 Å². The third kappa shape index (κ3) is 1.68. The maximum atomic E-state index is 5.77. The van der Waals surface area contributed by atoms with Gasteiger partial charge >= 0.3 is 0 Å². The fraction of sp³-hybridized carbons (Fsp3) is 0.500. The van der Waals surface area contributed by atoms with Crippen molar-refractivity contribution in [2.24, 2.45) is 0 Å². The first-order valence-electron chi connectivity index (χ1n) is 5.09. The zero-order chi connectivity index (χ0) is 10.2. The van der Waals surface area contributed by atoms with Gasteiger partial charge in [-0.15, -0.1) is 0 Å². The molecule has 0 aromatic heterocycles. The average Bonchev–Trinajstić information content (AvgIpc) is 2.48. The van der Waals surface area contributed by atoms with Gasteiger partial charge in [0.15, 0.2) is 0 Å². The first kappa shape index (κ1) is 9.69. The van der Waals surface area contributed by atoms with Gasteiger partial charge in [0.25, 0.3) is 0 Å². The highest BCUT2D eigenvalue weighted by Crippen LogP contribution is 2.27. The highest BCUT2D eigenvalue weighted by Gasteiger charge is 2.34. The van der Waals surface area contributed by atoms with E-state index in [1.165, 1.54) is 11.1 Å². The summed E-state index contributed by atoms with van der Waals surface area (Å²) in [6, 6.07) is 8.92. The van der Waals surface area contributed by atoms with Gasteiger partial charge in [-0.3, -0.25) is 5.32 Å². The lowest BCUT2D eigenvalue weighted by atomic mass is 10.0. The molecule has 0 saturated carbocycles. The number of hydrogen-bond acceptors (Lipinski definition) is 2. The molecule has 0 aliphatic carbocycles. The fourth-order valence-electron chi connectivity index (χ4n) is 1.88. The topological polar surface area (TPSA) is 21.3 Å². The summed E-state index contributed by atoms with van der Waals surface area (Å²) in [5, 5.41) is 3.44. The summed E-state index contributed by atoms with van der Waals surface area (Å²) in [7, 11) is 0. The van der Waals surface area contributed by atoms with Crippen LogP contribution >= 0.6 is 0 Å². The normalized spacial score (nSPS) is 32.1. The Kier molecular flexibility index (Phi) is 2.33. The van der Waals surface area contributed by atoms with Gasteiger partial charge in [-0.1, -0.05) is 29.8 Å². The van der Waals surface area contributed by atoms with Gasteiger partial charge in [-0.05, 0) is 26.3 Å². The second kappa shape index (κ2) is 3.37. The van der Waals surface area contributed by atoms with Crippen molar-refractivity contribution >= 4 is 0 Å². The van der Waals surface area contributed by atoms with Crippen molar-refractivity contribution in [1.82, 2.24) is 5.32 Å². The van der Waals surface area contributed by atoms with E-state index in [4.69, 9.17) is 4.74 Å². The van der Waals surface area contributed by atoms with Crippen LogP contribution in [0.15, 0.2) is 24.3 Å². The number of ether oxygens (including phenoxy) is 1. The third-order valence-corrected chi connectivity index (χ3v) is 2.75. The molecule has 1 aliphatic rings. The standard InChI is InChI=1S/C12H17NO/c1-9-4-6-11(7-5-9)12(3)13-10(2)8-14-12/h4-7,10,13H,8H2,1-3H3. The average molecular weight is 191 g/mol. The Morgan fingerprint density at radius 3 is 2.50 bits per heavy atom. The molecule has 0 radical (unpaired) electrons. The van der Waals surface area contributed by atoms with Gasteiger partial charge in [0, 0.05) is 6.04 Å². The minimum atomic E-state index is -0.298. The van der Waals surface area contributed by atoms with E-state index < -0.39 is 0 Å². The van der Waals surface area contributed by atoms with E-state index in [0.717, 1.165) is 6.61 Å². The molecule has 2 unspecified atom stereocenters. The van der Waals surface area contributed by atoms with Crippen molar-refractivity contribution in [1.29, 1.82) is 0 Å². The molecule has 0 spiro atoms. The van der Waals surface area contributed by atoms with Crippen molar-refractivity contribution in [2.45, 2.75) is 32.5 Å². The van der Waals surface area contributed by atoms with Gasteiger partial charge in [0.1, 0.15) is 5.72 Å². The smallest absolute Gasteiger partial charge is 0.142 e. The quantitative estimate of drug-likeness (QED) is 0.734. The highest BCUT2D eigenvalue weighted by molar-refractivity contribution is 5.26. The van der Waals surface area contributed by atoms with E-state index in [-0.39, 0.29) is 5.72 Å². The minimum absolute atomic E-state index is 0.298. The number of rotatable bonds is 1. The lowest BCUT2D eigenvalue weighted by Gasteiger charge is -2.24. The summed E-state index contributed by atoms with van der Waals surface area (Å²) >= 11 is 0. The van der Waals surface area contributed by atoms with Crippen LogP contribution in [0.4, 0.5) is 0 Å². The van der Waals surface area contributed by atoms with Crippen molar-refractivity contribution < 1.29 is 4.74 Å². The Morgan fingerprint density at radius 1 is 1.36 bits per heavy atom. The largest absolute Gasteiger partial charge is 0.355 e. The molecule has 14 heavy (non-hydrogen) atoms. The Morgan fingerprint density at radius 2 is 2.00 bits per heavy atom. The number of benzene rings is 1. The van der Waals surface area contributed by atoms with Gasteiger partial charge in [0.2, 0.25) is 0 Å². The molecule has 1 aromatic carbocycles. The lowest BCUT2D eigenvalue weighted by Crippen LogP contribution is -2.37. The van der Waals surface area contributed by atoms with Crippen LogP contribution in [0.1, 0.15) is 25.0 Å². The molecular formula is C12H17NO. The zero-order valence-electron chi connectivity index (χ0n) is 9.00. The predicted octanol–water partition coefficient (Wildman–Crippen LogP) is 2.18. The molecule has 76 valence electrons. The molecule has 0 amide bonds. The van der Waals surface area contributed by atoms with Crippen molar-refractivity contribution in [2.75, 3.05) is 6.61 Å². The summed E-state index contributed by atoms with van der Waals surface area (Å²) in [5.41, 5.74) is 2.18. The van der Waals surface area contributed by atoms with Gasteiger partial charge < -0.3 is 4.74 Å². The van der Waals surface area contributed by atoms with E-state index in [9.17, 15) is 0 Å². The number of hydrogen-bond donors (Lipinski definition) is 1. The van der Waals surface area contributed by atoms with Crippen LogP contribution < -0.4 is 5.32 Å². The van der Waals surface area contributed by atoms with E-state index in [2.05, 4.69) is 50.4 Å². The third-order valence-electron chi connectivity index (χ3n) is 2.75. The second-order valence-electron chi connectivity index (χ2n) is 4.26. The van der Waals surface area contributed by atoms with E-state index in [1.54, 1.807) is 0 Å². The van der Waals surface area contributed by atoms with E-state index in [1.807, 2.05) is 0 Å². The van der Waals surface area contributed by atoms with Crippen LogP contribution in [-0.4, -0.2) is 12.6 Å². The first-order chi connectivity index (χ1) is 6.60. The molecular weight excluding hydrogens is 174 g/mol. The molecule has 1 saturated heterocycles. The van der Waals surface area contributed by atoms with Crippen LogP contribution in [0.3, 0.4) is 0 Å². The Labute approximate surface area is 85.3 Å². The summed E-state index contributed by atoms with van der Waals surface area (Å²) in [5.74, 6) is 0. The van der Waals surface area contributed by atoms with Gasteiger partial charge in [-0.2, -0.15) is 0 Å². The zero-order valence-corrected chi connectivity index (χ0v) is 9.00. The Hall–Kier alpha value is -0.860. The molecule has 1 aliphatic heterocycles. The molecule has 2 nitrogen and oxygen atoms in total. The summed E-state index contributed by atoms with van der Waals surface area (Å²) in [6.45, 7) is 7.10. The lowest BCUT2D eigenvalue weighted by molar-refractivity contribution is 0.00236. The molecule has 1 heterocycles. The maximum Gasteiger partial charge on any atom is 0.142 e. The second-order valence-corrected chi connectivity index (χ2v) is 4.26. The SMILES string of the molecule is Cc1ccc(C2(C)NC(C)CO2)cc1. The summed E-state index contributed by atoms with van der Waals surface area (Å²) in [4.78, 5) is 0. The molecule has 1 aromatic rings. The molecule has 1 fully saturated rings. The highest BCUT2D eigenvalue weighted by atomic mass is 16.5. The van der Waals surface area contributed by atoms with Gasteiger partial charge in [-0.25, -0.2) is 0 Å². The molecule has 2 heteroatoms. The van der Waals surface area contributed by atoms with Gasteiger partial charge in [0.05, 0.1) is 6.61 Å². The van der Waals surface area contributed by atoms with E-state index >= 15 is 0 Å². The number of nitrogens with one attached hydrogen (secondary N) is 1. The fourth-order valence-corrected chi connectivity index (χ4v) is 1.88. The number of aryl methyl sites for hydroxylation is 1. The Bertz CT molecular complexity index is 320. The van der Waals surface area contributed by atoms with Crippen LogP contribution in [0, 0.1) is 6.92 Å².